The number of hydrogen-bond donors (Lipinski definition) is 1. The molecule has 1 rings (SSSR count). The zero-order valence-corrected chi connectivity index (χ0v) is 5.30. The van der Waals surface area contributed by atoms with Crippen LogP contribution in [0.1, 0.15) is 0 Å². The van der Waals surface area contributed by atoms with Crippen LogP contribution in [0.25, 0.3) is 0 Å². The van der Waals surface area contributed by atoms with Gasteiger partial charge in [-0.3, -0.25) is 5.32 Å². The Morgan fingerprint density at radius 1 is 1.56 bits per heavy atom. The molecule has 3 nitrogen and oxygen atoms in total. The van der Waals surface area contributed by atoms with Crippen molar-refractivity contribution in [1.82, 2.24) is 5.32 Å². The van der Waals surface area contributed by atoms with Gasteiger partial charge in [0.05, 0.1) is 13.2 Å². The molecule has 52 valence electrons. The van der Waals surface area contributed by atoms with E-state index in [2.05, 4.69) is 11.9 Å². The molecule has 1 heterocycles. The van der Waals surface area contributed by atoms with Crippen LogP contribution in [0.2, 0.25) is 0 Å². The molecule has 0 spiro atoms. The number of hydrogen-bond acceptors (Lipinski definition) is 3. The third-order valence-corrected chi connectivity index (χ3v) is 1.05. The molecule has 1 N–H and O–H groups in total. The second-order valence-corrected chi connectivity index (χ2v) is 1.77. The van der Waals surface area contributed by atoms with Crippen LogP contribution in [0.15, 0.2) is 12.7 Å². The summed E-state index contributed by atoms with van der Waals surface area (Å²) in [6.45, 7) is 5.65. The Bertz CT molecular complexity index is 89.1. The lowest BCUT2D eigenvalue weighted by Gasteiger charge is -2.07. The number of rotatable bonds is 3. The molecule has 0 amide bonds. The lowest BCUT2D eigenvalue weighted by molar-refractivity contribution is -0.0637. The van der Waals surface area contributed by atoms with E-state index in [9.17, 15) is 0 Å². The maximum atomic E-state index is 5.07. The number of nitrogens with one attached hydrogen (secondary N) is 1. The normalized spacial score (nSPS) is 20.4. The van der Waals surface area contributed by atoms with Gasteiger partial charge in [0.2, 0.25) is 6.41 Å². The Morgan fingerprint density at radius 3 is 2.78 bits per heavy atom. The molecule has 3 heteroatoms. The summed E-state index contributed by atoms with van der Waals surface area (Å²) >= 11 is 0. The molecule has 0 bridgehead atoms. The van der Waals surface area contributed by atoms with Crippen molar-refractivity contribution in [1.29, 1.82) is 0 Å². The van der Waals surface area contributed by atoms with Gasteiger partial charge in [-0.25, -0.2) is 0 Å². The molecule has 0 aromatic rings. The predicted octanol–water partition coefficient (Wildman–Crippen LogP) is 0.0924. The van der Waals surface area contributed by atoms with E-state index in [-0.39, 0.29) is 6.41 Å². The molecule has 0 aromatic heterocycles. The molecule has 9 heavy (non-hydrogen) atoms. The summed E-state index contributed by atoms with van der Waals surface area (Å²) in [6.07, 6.45) is 1.56. The fraction of sp³-hybridized carbons (Fsp3) is 0.667. The van der Waals surface area contributed by atoms with Gasteiger partial charge in [0, 0.05) is 6.54 Å². The minimum absolute atomic E-state index is 0.206. The van der Waals surface area contributed by atoms with Crippen LogP contribution in [-0.4, -0.2) is 26.2 Å². The van der Waals surface area contributed by atoms with Crippen molar-refractivity contribution >= 4 is 0 Å². The summed E-state index contributed by atoms with van der Waals surface area (Å²) < 4.78 is 10.1. The topological polar surface area (TPSA) is 30.5 Å². The molecular weight excluding hydrogens is 118 g/mol. The van der Waals surface area contributed by atoms with Gasteiger partial charge in [0.25, 0.3) is 0 Å². The third-order valence-electron chi connectivity index (χ3n) is 1.05. The highest BCUT2D eigenvalue weighted by atomic mass is 16.7. The predicted molar refractivity (Wildman–Crippen MR) is 33.9 cm³/mol. The molecule has 1 fully saturated rings. The van der Waals surface area contributed by atoms with E-state index < -0.39 is 0 Å². The Balaban J connectivity index is 2.04. The molecule has 1 aliphatic rings. The maximum absolute atomic E-state index is 5.07. The standard InChI is InChI=1S/C6H11NO2/c1-2-3-7-6-8-4-5-9-6/h2,6-7H,1,3-5H2. The van der Waals surface area contributed by atoms with Gasteiger partial charge in [-0.05, 0) is 0 Å². The van der Waals surface area contributed by atoms with Crippen LogP contribution in [0.3, 0.4) is 0 Å². The minimum Gasteiger partial charge on any atom is -0.337 e. The monoisotopic (exact) mass is 129 g/mol. The van der Waals surface area contributed by atoms with E-state index in [0.29, 0.717) is 13.2 Å². The average molecular weight is 129 g/mol. The van der Waals surface area contributed by atoms with Crippen molar-refractivity contribution in [2.75, 3.05) is 19.8 Å². The molecule has 1 aliphatic heterocycles. The van der Waals surface area contributed by atoms with Crippen molar-refractivity contribution < 1.29 is 9.47 Å². The second kappa shape index (κ2) is 3.61. The van der Waals surface area contributed by atoms with Gasteiger partial charge in [0.15, 0.2) is 0 Å². The Morgan fingerprint density at radius 2 is 2.22 bits per heavy atom. The first-order chi connectivity index (χ1) is 4.43. The lowest BCUT2D eigenvalue weighted by Crippen LogP contribution is -2.29. The first kappa shape index (κ1) is 6.74. The largest absolute Gasteiger partial charge is 0.337 e. The highest BCUT2D eigenvalue weighted by Gasteiger charge is 2.12. The van der Waals surface area contributed by atoms with Crippen molar-refractivity contribution in [2.24, 2.45) is 0 Å². The fourth-order valence-corrected chi connectivity index (χ4v) is 0.656. The van der Waals surface area contributed by atoms with E-state index >= 15 is 0 Å². The summed E-state index contributed by atoms with van der Waals surface area (Å²) in [5.41, 5.74) is 0. The van der Waals surface area contributed by atoms with E-state index in [1.54, 1.807) is 6.08 Å². The van der Waals surface area contributed by atoms with Crippen molar-refractivity contribution in [3.63, 3.8) is 0 Å². The summed E-state index contributed by atoms with van der Waals surface area (Å²) in [7, 11) is 0. The summed E-state index contributed by atoms with van der Waals surface area (Å²) in [4.78, 5) is 0. The van der Waals surface area contributed by atoms with Crippen LogP contribution in [0.4, 0.5) is 0 Å². The fourth-order valence-electron chi connectivity index (χ4n) is 0.656. The van der Waals surface area contributed by atoms with Crippen molar-refractivity contribution in [2.45, 2.75) is 6.41 Å². The van der Waals surface area contributed by atoms with Crippen LogP contribution in [-0.2, 0) is 9.47 Å². The molecule has 0 aliphatic carbocycles. The molecular formula is C6H11NO2. The van der Waals surface area contributed by atoms with Crippen molar-refractivity contribution in [3.05, 3.63) is 12.7 Å². The van der Waals surface area contributed by atoms with Crippen LogP contribution >= 0.6 is 0 Å². The molecule has 0 atom stereocenters. The Kier molecular flexibility index (Phi) is 2.70. The van der Waals surface area contributed by atoms with Crippen LogP contribution in [0, 0.1) is 0 Å². The van der Waals surface area contributed by atoms with E-state index in [1.807, 2.05) is 0 Å². The Hall–Kier alpha value is -0.380. The quantitative estimate of drug-likeness (QED) is 0.548. The lowest BCUT2D eigenvalue weighted by atomic mass is 10.6. The SMILES string of the molecule is C=CCNC1OCCO1. The molecule has 0 unspecified atom stereocenters. The third kappa shape index (κ3) is 2.13. The van der Waals surface area contributed by atoms with Crippen molar-refractivity contribution in [3.8, 4) is 0 Å². The second-order valence-electron chi connectivity index (χ2n) is 1.77. The zero-order chi connectivity index (χ0) is 6.53. The first-order valence-corrected chi connectivity index (χ1v) is 3.01. The molecule has 0 radical (unpaired) electrons. The van der Waals surface area contributed by atoms with E-state index in [0.717, 1.165) is 6.54 Å². The molecule has 0 aromatic carbocycles. The first-order valence-electron chi connectivity index (χ1n) is 3.01. The molecule has 1 saturated heterocycles. The van der Waals surface area contributed by atoms with E-state index in [4.69, 9.17) is 9.47 Å². The number of ether oxygens (including phenoxy) is 2. The van der Waals surface area contributed by atoms with E-state index in [1.165, 1.54) is 0 Å². The van der Waals surface area contributed by atoms with Gasteiger partial charge in [-0.2, -0.15) is 0 Å². The summed E-state index contributed by atoms with van der Waals surface area (Å²) in [5, 5.41) is 2.97. The smallest absolute Gasteiger partial charge is 0.216 e. The van der Waals surface area contributed by atoms with Gasteiger partial charge >= 0.3 is 0 Å². The van der Waals surface area contributed by atoms with Gasteiger partial charge in [0.1, 0.15) is 0 Å². The average Bonchev–Trinajstić information content (AvgIpc) is 2.34. The minimum atomic E-state index is -0.206. The maximum Gasteiger partial charge on any atom is 0.216 e. The highest BCUT2D eigenvalue weighted by Crippen LogP contribution is 1.98. The molecule has 0 saturated carbocycles. The van der Waals surface area contributed by atoms with Crippen LogP contribution < -0.4 is 5.32 Å². The Labute approximate surface area is 54.6 Å². The van der Waals surface area contributed by atoms with Gasteiger partial charge in [-0.1, -0.05) is 6.08 Å². The van der Waals surface area contributed by atoms with Gasteiger partial charge in [-0.15, -0.1) is 6.58 Å². The summed E-state index contributed by atoms with van der Waals surface area (Å²) in [6, 6.07) is 0. The zero-order valence-electron chi connectivity index (χ0n) is 5.30. The highest BCUT2D eigenvalue weighted by molar-refractivity contribution is 4.69. The van der Waals surface area contributed by atoms with Crippen LogP contribution in [0.5, 0.6) is 0 Å². The summed E-state index contributed by atoms with van der Waals surface area (Å²) in [5.74, 6) is 0. The van der Waals surface area contributed by atoms with Gasteiger partial charge < -0.3 is 9.47 Å².